The van der Waals surface area contributed by atoms with Crippen LogP contribution in [0.2, 0.25) is 0 Å². The number of phenolic OH excluding ortho intramolecular Hbond substituents is 1. The zero-order valence-electron chi connectivity index (χ0n) is 9.85. The van der Waals surface area contributed by atoms with Gasteiger partial charge in [0.25, 0.3) is 0 Å². The molecule has 0 fully saturated rings. The fourth-order valence-electron chi connectivity index (χ4n) is 1.54. The molecule has 0 aliphatic carbocycles. The van der Waals surface area contributed by atoms with Crippen LogP contribution in [0, 0.1) is 0 Å². The monoisotopic (exact) mass is 224 g/mol. The van der Waals surface area contributed by atoms with Crippen LogP contribution in [0.5, 0.6) is 5.75 Å². The molecule has 0 aromatic heterocycles. The summed E-state index contributed by atoms with van der Waals surface area (Å²) in [7, 11) is 3.86. The first-order valence-corrected chi connectivity index (χ1v) is 5.39. The van der Waals surface area contributed by atoms with Crippen LogP contribution in [-0.4, -0.2) is 48.4 Å². The fraction of sp³-hybridized carbons (Fsp3) is 0.500. The maximum atomic E-state index is 9.60. The van der Waals surface area contributed by atoms with Gasteiger partial charge in [-0.05, 0) is 31.8 Å². The summed E-state index contributed by atoms with van der Waals surface area (Å²) in [5.41, 5.74) is 1.01. The SMILES string of the molecule is CN(C)CC(O)CNCc1cccc(O)c1. The summed E-state index contributed by atoms with van der Waals surface area (Å²) >= 11 is 0. The molecule has 0 aliphatic rings. The number of aromatic hydroxyl groups is 1. The van der Waals surface area contributed by atoms with Crippen molar-refractivity contribution >= 4 is 0 Å². The molecule has 0 spiro atoms. The van der Waals surface area contributed by atoms with Crippen molar-refractivity contribution in [3.63, 3.8) is 0 Å². The van der Waals surface area contributed by atoms with Crippen molar-refractivity contribution in [3.8, 4) is 5.75 Å². The molecule has 16 heavy (non-hydrogen) atoms. The average molecular weight is 224 g/mol. The molecule has 1 atom stereocenters. The van der Waals surface area contributed by atoms with Gasteiger partial charge in [0.1, 0.15) is 5.75 Å². The minimum absolute atomic E-state index is 0.271. The summed E-state index contributed by atoms with van der Waals surface area (Å²) < 4.78 is 0. The second-order valence-corrected chi connectivity index (χ2v) is 4.22. The van der Waals surface area contributed by atoms with E-state index in [-0.39, 0.29) is 11.9 Å². The number of phenols is 1. The maximum Gasteiger partial charge on any atom is 0.115 e. The highest BCUT2D eigenvalue weighted by atomic mass is 16.3. The standard InChI is InChI=1S/C12H20N2O2/c1-14(2)9-12(16)8-13-7-10-4-3-5-11(15)6-10/h3-6,12-13,15-16H,7-9H2,1-2H3. The summed E-state index contributed by atoms with van der Waals surface area (Å²) in [4.78, 5) is 1.95. The number of hydrogen-bond donors (Lipinski definition) is 3. The Morgan fingerprint density at radius 1 is 1.38 bits per heavy atom. The molecule has 1 unspecified atom stereocenters. The van der Waals surface area contributed by atoms with Crippen molar-refractivity contribution in [1.82, 2.24) is 10.2 Å². The molecular formula is C12H20N2O2. The summed E-state index contributed by atoms with van der Waals surface area (Å²) in [6, 6.07) is 7.10. The molecule has 4 heteroatoms. The Labute approximate surface area is 96.5 Å². The van der Waals surface area contributed by atoms with Crippen LogP contribution in [0.15, 0.2) is 24.3 Å². The van der Waals surface area contributed by atoms with Crippen molar-refractivity contribution in [2.45, 2.75) is 12.6 Å². The van der Waals surface area contributed by atoms with Gasteiger partial charge in [-0.3, -0.25) is 0 Å². The van der Waals surface area contributed by atoms with Crippen LogP contribution in [0.25, 0.3) is 0 Å². The van der Waals surface area contributed by atoms with Gasteiger partial charge in [-0.25, -0.2) is 0 Å². The van der Waals surface area contributed by atoms with Crippen molar-refractivity contribution in [2.75, 3.05) is 27.2 Å². The zero-order chi connectivity index (χ0) is 12.0. The lowest BCUT2D eigenvalue weighted by Gasteiger charge is -2.16. The fourth-order valence-corrected chi connectivity index (χ4v) is 1.54. The highest BCUT2D eigenvalue weighted by Crippen LogP contribution is 2.10. The van der Waals surface area contributed by atoms with Crippen LogP contribution in [0.1, 0.15) is 5.56 Å². The van der Waals surface area contributed by atoms with E-state index in [0.29, 0.717) is 19.6 Å². The minimum atomic E-state index is -0.368. The van der Waals surface area contributed by atoms with Crippen LogP contribution in [0.4, 0.5) is 0 Å². The number of nitrogens with one attached hydrogen (secondary N) is 1. The molecule has 0 saturated carbocycles. The van der Waals surface area contributed by atoms with Gasteiger partial charge in [0.2, 0.25) is 0 Å². The van der Waals surface area contributed by atoms with E-state index in [1.165, 1.54) is 0 Å². The molecule has 1 aromatic carbocycles. The first-order valence-electron chi connectivity index (χ1n) is 5.39. The molecule has 0 amide bonds. The molecule has 0 bridgehead atoms. The van der Waals surface area contributed by atoms with Crippen LogP contribution in [-0.2, 0) is 6.54 Å². The Bertz CT molecular complexity index is 316. The lowest BCUT2D eigenvalue weighted by molar-refractivity contribution is 0.134. The van der Waals surface area contributed by atoms with Gasteiger partial charge in [-0.2, -0.15) is 0 Å². The number of aliphatic hydroxyl groups excluding tert-OH is 1. The quantitative estimate of drug-likeness (QED) is 0.655. The van der Waals surface area contributed by atoms with E-state index in [2.05, 4.69) is 5.32 Å². The molecule has 1 rings (SSSR count). The predicted molar refractivity (Wildman–Crippen MR) is 64.4 cm³/mol. The van der Waals surface area contributed by atoms with Crippen molar-refractivity contribution in [1.29, 1.82) is 0 Å². The van der Waals surface area contributed by atoms with E-state index in [9.17, 15) is 10.2 Å². The van der Waals surface area contributed by atoms with Gasteiger partial charge >= 0.3 is 0 Å². The minimum Gasteiger partial charge on any atom is -0.508 e. The third-order valence-corrected chi connectivity index (χ3v) is 2.20. The Balaban J connectivity index is 2.25. The lowest BCUT2D eigenvalue weighted by atomic mass is 10.2. The summed E-state index contributed by atoms with van der Waals surface area (Å²) in [6.07, 6.45) is -0.368. The first kappa shape index (κ1) is 13.0. The van der Waals surface area contributed by atoms with Gasteiger partial charge in [0, 0.05) is 19.6 Å². The molecule has 1 aromatic rings. The number of hydrogen-bond acceptors (Lipinski definition) is 4. The number of rotatable bonds is 6. The number of aliphatic hydroxyl groups is 1. The van der Waals surface area contributed by atoms with Crippen molar-refractivity contribution in [2.24, 2.45) is 0 Å². The normalized spacial score (nSPS) is 13.0. The third-order valence-electron chi connectivity index (χ3n) is 2.20. The summed E-state index contributed by atoms with van der Waals surface area (Å²) in [5, 5.41) is 22.0. The van der Waals surface area contributed by atoms with Gasteiger partial charge in [-0.15, -0.1) is 0 Å². The molecule has 0 radical (unpaired) electrons. The second-order valence-electron chi connectivity index (χ2n) is 4.22. The van der Waals surface area contributed by atoms with Crippen LogP contribution < -0.4 is 5.32 Å². The largest absolute Gasteiger partial charge is 0.508 e. The number of likely N-dealkylation sites (N-methyl/N-ethyl adjacent to an activating group) is 1. The van der Waals surface area contributed by atoms with E-state index < -0.39 is 0 Å². The molecule has 0 heterocycles. The Morgan fingerprint density at radius 2 is 2.12 bits per heavy atom. The Hall–Kier alpha value is -1.10. The third kappa shape index (κ3) is 5.11. The molecule has 4 nitrogen and oxygen atoms in total. The number of benzene rings is 1. The molecule has 3 N–H and O–H groups in total. The van der Waals surface area contributed by atoms with Gasteiger partial charge in [0.05, 0.1) is 6.10 Å². The lowest BCUT2D eigenvalue weighted by Crippen LogP contribution is -2.34. The van der Waals surface area contributed by atoms with E-state index in [1.54, 1.807) is 12.1 Å². The van der Waals surface area contributed by atoms with Gasteiger partial charge < -0.3 is 20.4 Å². The highest BCUT2D eigenvalue weighted by Gasteiger charge is 2.04. The summed E-state index contributed by atoms with van der Waals surface area (Å²) in [6.45, 7) is 1.85. The van der Waals surface area contributed by atoms with E-state index in [0.717, 1.165) is 5.56 Å². The van der Waals surface area contributed by atoms with Crippen LogP contribution >= 0.6 is 0 Å². The van der Waals surface area contributed by atoms with Crippen molar-refractivity contribution in [3.05, 3.63) is 29.8 Å². The Morgan fingerprint density at radius 3 is 2.75 bits per heavy atom. The molecule has 90 valence electrons. The van der Waals surface area contributed by atoms with Crippen molar-refractivity contribution < 1.29 is 10.2 Å². The maximum absolute atomic E-state index is 9.60. The Kier molecular flexibility index (Phi) is 5.25. The van der Waals surface area contributed by atoms with E-state index in [4.69, 9.17) is 0 Å². The van der Waals surface area contributed by atoms with Gasteiger partial charge in [0.15, 0.2) is 0 Å². The second kappa shape index (κ2) is 6.48. The molecule has 0 aliphatic heterocycles. The zero-order valence-corrected chi connectivity index (χ0v) is 9.85. The molecular weight excluding hydrogens is 204 g/mol. The number of nitrogens with zero attached hydrogens (tertiary/aromatic N) is 1. The average Bonchev–Trinajstić information content (AvgIpc) is 2.16. The van der Waals surface area contributed by atoms with Crippen LogP contribution in [0.3, 0.4) is 0 Å². The van der Waals surface area contributed by atoms with E-state index >= 15 is 0 Å². The highest BCUT2D eigenvalue weighted by molar-refractivity contribution is 5.26. The topological polar surface area (TPSA) is 55.7 Å². The smallest absolute Gasteiger partial charge is 0.115 e. The summed E-state index contributed by atoms with van der Waals surface area (Å²) in [5.74, 6) is 0.271. The predicted octanol–water partition coefficient (Wildman–Crippen LogP) is 0.404. The van der Waals surface area contributed by atoms with E-state index in [1.807, 2.05) is 31.1 Å². The van der Waals surface area contributed by atoms with Gasteiger partial charge in [-0.1, -0.05) is 12.1 Å². The molecule has 0 saturated heterocycles. The first-order chi connectivity index (χ1) is 7.58.